The van der Waals surface area contributed by atoms with Crippen LogP contribution in [0, 0.1) is 0 Å². The van der Waals surface area contributed by atoms with Crippen LogP contribution in [0.1, 0.15) is 18.5 Å². The predicted molar refractivity (Wildman–Crippen MR) is 129 cm³/mol. The molecule has 0 radical (unpaired) electrons. The first-order valence-electron chi connectivity index (χ1n) is 10.6. The number of anilines is 2. The number of aromatic nitrogens is 2. The quantitative estimate of drug-likeness (QED) is 0.458. The summed E-state index contributed by atoms with van der Waals surface area (Å²) in [6.45, 7) is 1.89. The van der Waals surface area contributed by atoms with E-state index in [1.165, 1.54) is 0 Å². The van der Waals surface area contributed by atoms with Gasteiger partial charge in [0.1, 0.15) is 11.5 Å². The number of amides is 1. The molecule has 1 amide bonds. The molecule has 2 N–H and O–H groups in total. The molecule has 33 heavy (non-hydrogen) atoms. The van der Waals surface area contributed by atoms with Gasteiger partial charge in [-0.1, -0.05) is 30.3 Å². The van der Waals surface area contributed by atoms with Gasteiger partial charge in [0, 0.05) is 16.9 Å². The Balaban J connectivity index is 1.73. The van der Waals surface area contributed by atoms with Crippen molar-refractivity contribution in [2.24, 2.45) is 0 Å². The van der Waals surface area contributed by atoms with Crippen LogP contribution in [0.15, 0.2) is 84.1 Å². The van der Waals surface area contributed by atoms with Crippen LogP contribution >= 0.6 is 0 Å². The first-order valence-corrected chi connectivity index (χ1v) is 10.6. The summed E-state index contributed by atoms with van der Waals surface area (Å²) in [5.41, 5.74) is 4.57. The van der Waals surface area contributed by atoms with E-state index < -0.39 is 6.04 Å². The Kier molecular flexibility index (Phi) is 5.22. The van der Waals surface area contributed by atoms with Crippen LogP contribution in [0.4, 0.5) is 11.6 Å². The first kappa shape index (κ1) is 20.6. The second kappa shape index (κ2) is 8.35. The number of nitrogens with zero attached hydrogens (tertiary/aromatic N) is 2. The van der Waals surface area contributed by atoms with Crippen molar-refractivity contribution in [1.29, 1.82) is 0 Å². The van der Waals surface area contributed by atoms with Gasteiger partial charge in [0.15, 0.2) is 0 Å². The van der Waals surface area contributed by atoms with Crippen molar-refractivity contribution in [3.8, 4) is 11.5 Å². The average Bonchev–Trinajstić information content (AvgIpc) is 3.21. The van der Waals surface area contributed by atoms with Crippen LogP contribution in [-0.2, 0) is 4.79 Å². The van der Waals surface area contributed by atoms with Crippen LogP contribution in [0.25, 0.3) is 11.0 Å². The maximum absolute atomic E-state index is 13.7. The Hall–Kier alpha value is -4.26. The number of imidazole rings is 1. The lowest BCUT2D eigenvalue weighted by Gasteiger charge is -2.31. The van der Waals surface area contributed by atoms with Crippen molar-refractivity contribution in [1.82, 2.24) is 9.55 Å². The highest BCUT2D eigenvalue weighted by Gasteiger charge is 2.36. The highest BCUT2D eigenvalue weighted by atomic mass is 16.5. The number of ether oxygens (including phenoxy) is 2. The summed E-state index contributed by atoms with van der Waals surface area (Å²) in [5, 5.41) is 6.37. The summed E-state index contributed by atoms with van der Waals surface area (Å²) in [4.78, 5) is 18.4. The zero-order valence-corrected chi connectivity index (χ0v) is 18.6. The lowest BCUT2D eigenvalue weighted by Crippen LogP contribution is -2.31. The molecule has 1 aromatic heterocycles. The van der Waals surface area contributed by atoms with E-state index in [0.29, 0.717) is 23.0 Å². The number of fused-ring (bicyclic) bond motifs is 3. The molecular weight excluding hydrogens is 416 g/mol. The van der Waals surface area contributed by atoms with E-state index in [4.69, 9.17) is 14.5 Å². The van der Waals surface area contributed by atoms with Crippen LogP contribution in [0.5, 0.6) is 11.5 Å². The third-order valence-corrected chi connectivity index (χ3v) is 5.84. The number of rotatable bonds is 5. The number of carbonyl (C=O) groups excluding carboxylic acids is 1. The second-order valence-corrected chi connectivity index (χ2v) is 7.79. The van der Waals surface area contributed by atoms with Gasteiger partial charge in [0.2, 0.25) is 5.95 Å². The fourth-order valence-electron chi connectivity index (χ4n) is 4.33. The van der Waals surface area contributed by atoms with Crippen molar-refractivity contribution in [3.05, 3.63) is 89.6 Å². The Labute approximate surface area is 191 Å². The highest BCUT2D eigenvalue weighted by molar-refractivity contribution is 6.06. The van der Waals surface area contributed by atoms with Gasteiger partial charge in [0.05, 0.1) is 36.9 Å². The van der Waals surface area contributed by atoms with Crippen molar-refractivity contribution >= 4 is 28.6 Å². The van der Waals surface area contributed by atoms with Gasteiger partial charge in [-0.3, -0.25) is 9.36 Å². The Morgan fingerprint density at radius 3 is 2.52 bits per heavy atom. The number of allylic oxidation sites excluding steroid dienone is 1. The van der Waals surface area contributed by atoms with Gasteiger partial charge in [-0.05, 0) is 49.4 Å². The first-order chi connectivity index (χ1) is 16.1. The van der Waals surface area contributed by atoms with Crippen LogP contribution in [0.2, 0.25) is 0 Å². The monoisotopic (exact) mass is 440 g/mol. The minimum absolute atomic E-state index is 0.204. The summed E-state index contributed by atoms with van der Waals surface area (Å²) in [6, 6.07) is 22.4. The summed E-state index contributed by atoms with van der Waals surface area (Å²) >= 11 is 0. The molecule has 7 heteroatoms. The van der Waals surface area contributed by atoms with Gasteiger partial charge < -0.3 is 20.1 Å². The van der Waals surface area contributed by atoms with E-state index >= 15 is 0 Å². The molecule has 1 atom stereocenters. The molecule has 0 unspecified atom stereocenters. The van der Waals surface area contributed by atoms with Gasteiger partial charge in [-0.2, -0.15) is 0 Å². The molecule has 1 aliphatic heterocycles. The van der Waals surface area contributed by atoms with Crippen molar-refractivity contribution in [3.63, 3.8) is 0 Å². The van der Waals surface area contributed by atoms with Gasteiger partial charge in [0.25, 0.3) is 5.91 Å². The molecular formula is C26H24N4O3. The summed E-state index contributed by atoms with van der Waals surface area (Å²) in [7, 11) is 3.25. The molecule has 5 rings (SSSR count). The van der Waals surface area contributed by atoms with Gasteiger partial charge >= 0.3 is 0 Å². The lowest BCUT2D eigenvalue weighted by atomic mass is 9.93. The van der Waals surface area contributed by atoms with Crippen LogP contribution < -0.4 is 20.1 Å². The maximum atomic E-state index is 13.7. The Bertz CT molecular complexity index is 1380. The Morgan fingerprint density at radius 1 is 1.00 bits per heavy atom. The molecule has 0 saturated heterocycles. The minimum Gasteiger partial charge on any atom is -0.497 e. The number of methoxy groups -OCH3 is 2. The fourth-order valence-corrected chi connectivity index (χ4v) is 4.33. The van der Waals surface area contributed by atoms with Crippen LogP contribution in [-0.4, -0.2) is 29.7 Å². The molecule has 2 heterocycles. The molecule has 166 valence electrons. The average molecular weight is 441 g/mol. The number of hydrogen-bond acceptors (Lipinski definition) is 5. The standard InChI is InChI=1S/C26H24N4O3/c1-16-23(25(31)28-17-9-5-4-6-10-17)24(19-15-18(32-2)13-14-22(19)33-3)30-21-12-8-7-11-20(21)29-26(30)27-16/h4-15,24H,1-3H3,(H,27,29)(H,28,31)/t24-/m0/s1. The van der Waals surface area contributed by atoms with E-state index in [0.717, 1.165) is 28.0 Å². The normalized spacial score (nSPS) is 15.1. The van der Waals surface area contributed by atoms with E-state index in [9.17, 15) is 4.79 Å². The molecule has 0 spiro atoms. The SMILES string of the molecule is COc1ccc(OC)c([C@H]2C(C(=O)Nc3ccccc3)=C(C)Nc3nc4ccccc4n32)c1. The number of hydrogen-bond donors (Lipinski definition) is 2. The number of benzene rings is 3. The third kappa shape index (κ3) is 3.57. The number of nitrogens with one attached hydrogen (secondary N) is 2. The molecule has 1 aliphatic rings. The summed E-state index contributed by atoms with van der Waals surface area (Å²) in [5.74, 6) is 1.80. The number of carbonyl (C=O) groups is 1. The summed E-state index contributed by atoms with van der Waals surface area (Å²) < 4.78 is 13.3. The van der Waals surface area contributed by atoms with Crippen LogP contribution in [0.3, 0.4) is 0 Å². The van der Waals surface area contributed by atoms with Crippen molar-refractivity contribution < 1.29 is 14.3 Å². The largest absolute Gasteiger partial charge is 0.497 e. The Morgan fingerprint density at radius 2 is 1.76 bits per heavy atom. The topological polar surface area (TPSA) is 77.4 Å². The second-order valence-electron chi connectivity index (χ2n) is 7.79. The molecule has 4 aromatic rings. The third-order valence-electron chi connectivity index (χ3n) is 5.84. The van der Waals surface area contributed by atoms with Crippen molar-refractivity contribution in [2.75, 3.05) is 24.9 Å². The number of para-hydroxylation sites is 3. The van der Waals surface area contributed by atoms with E-state index in [1.807, 2.05) is 84.3 Å². The molecule has 7 nitrogen and oxygen atoms in total. The maximum Gasteiger partial charge on any atom is 0.255 e. The van der Waals surface area contributed by atoms with Gasteiger partial charge in [-0.25, -0.2) is 4.98 Å². The zero-order valence-electron chi connectivity index (χ0n) is 18.6. The molecule has 0 bridgehead atoms. The molecule has 3 aromatic carbocycles. The highest BCUT2D eigenvalue weighted by Crippen LogP contribution is 2.43. The fraction of sp³-hybridized carbons (Fsp3) is 0.154. The minimum atomic E-state index is -0.484. The molecule has 0 fully saturated rings. The summed E-state index contributed by atoms with van der Waals surface area (Å²) in [6.07, 6.45) is 0. The molecule has 0 aliphatic carbocycles. The zero-order chi connectivity index (χ0) is 22.9. The molecule has 0 saturated carbocycles. The predicted octanol–water partition coefficient (Wildman–Crippen LogP) is 4.98. The van der Waals surface area contributed by atoms with Gasteiger partial charge in [-0.15, -0.1) is 0 Å². The van der Waals surface area contributed by atoms with E-state index in [1.54, 1.807) is 14.2 Å². The van der Waals surface area contributed by atoms with E-state index in [-0.39, 0.29) is 5.91 Å². The smallest absolute Gasteiger partial charge is 0.255 e. The lowest BCUT2D eigenvalue weighted by molar-refractivity contribution is -0.113. The van der Waals surface area contributed by atoms with Crippen molar-refractivity contribution in [2.45, 2.75) is 13.0 Å². The van der Waals surface area contributed by atoms with E-state index in [2.05, 4.69) is 10.6 Å².